The number of thioether (sulfide) groups is 1. The van der Waals surface area contributed by atoms with Gasteiger partial charge in [0, 0.05) is 17.3 Å². The van der Waals surface area contributed by atoms with Crippen molar-refractivity contribution >= 4 is 40.6 Å². The number of aryl methyl sites for hydroxylation is 2. The third kappa shape index (κ3) is 5.48. The first-order chi connectivity index (χ1) is 16.5. The van der Waals surface area contributed by atoms with Crippen LogP contribution in [0.2, 0.25) is 0 Å². The van der Waals surface area contributed by atoms with Gasteiger partial charge in [0.1, 0.15) is 18.1 Å². The maximum Gasteiger partial charge on any atom is 0.416 e. The highest BCUT2D eigenvalue weighted by atomic mass is 32.2. The lowest BCUT2D eigenvalue weighted by Gasteiger charge is -2.13. The Balaban J connectivity index is 1.46. The summed E-state index contributed by atoms with van der Waals surface area (Å²) in [7, 11) is 0. The fourth-order valence-corrected chi connectivity index (χ4v) is 4.31. The summed E-state index contributed by atoms with van der Waals surface area (Å²) in [5.74, 6) is -0.824. The van der Waals surface area contributed by atoms with E-state index in [0.717, 1.165) is 28.2 Å². The summed E-state index contributed by atoms with van der Waals surface area (Å²) in [4.78, 5) is 38.4. The lowest BCUT2D eigenvalue weighted by Crippen LogP contribution is -2.36. The molecule has 1 fully saturated rings. The molecule has 2 heterocycles. The number of carbonyl (C=O) groups is 3. The third-order valence-electron chi connectivity index (χ3n) is 5.21. The van der Waals surface area contributed by atoms with Gasteiger partial charge in [-0.25, -0.2) is 0 Å². The van der Waals surface area contributed by atoms with Crippen molar-refractivity contribution in [3.05, 3.63) is 82.0 Å². The standard InChI is InChI=1S/C25H19F3N2O4S/c1-14-6-8-19(15(2)10-14)29-22(31)13-30-23(32)21(35-24(30)33)12-18-7-9-20(34-18)16-4-3-5-17(11-16)25(26,27)28/h3-12H,13H2,1-2H3,(H,29,31)/b21-12+. The Bertz CT molecular complexity index is 1360. The van der Waals surface area contributed by atoms with Crippen molar-refractivity contribution in [2.75, 3.05) is 11.9 Å². The Morgan fingerprint density at radius 2 is 1.86 bits per heavy atom. The maximum atomic E-state index is 13.0. The fourth-order valence-electron chi connectivity index (χ4n) is 3.49. The molecular formula is C25H19F3N2O4S. The van der Waals surface area contributed by atoms with E-state index in [-0.39, 0.29) is 22.0 Å². The first-order valence-electron chi connectivity index (χ1n) is 10.4. The number of anilines is 1. The second kappa shape index (κ2) is 9.46. The summed E-state index contributed by atoms with van der Waals surface area (Å²) in [6.07, 6.45) is -3.17. The van der Waals surface area contributed by atoms with E-state index in [4.69, 9.17) is 4.42 Å². The van der Waals surface area contributed by atoms with Gasteiger partial charge in [0.05, 0.1) is 10.5 Å². The van der Waals surface area contributed by atoms with Gasteiger partial charge in [-0.3, -0.25) is 19.3 Å². The molecule has 0 saturated carbocycles. The molecule has 1 saturated heterocycles. The molecule has 1 aliphatic rings. The maximum absolute atomic E-state index is 13.0. The Morgan fingerprint density at radius 3 is 2.57 bits per heavy atom. The summed E-state index contributed by atoms with van der Waals surface area (Å²) < 4.78 is 44.5. The van der Waals surface area contributed by atoms with E-state index < -0.39 is 35.3 Å². The van der Waals surface area contributed by atoms with Gasteiger partial charge in [-0.1, -0.05) is 29.8 Å². The Labute approximate surface area is 202 Å². The van der Waals surface area contributed by atoms with Crippen LogP contribution in [0.25, 0.3) is 17.4 Å². The molecule has 4 rings (SSSR count). The number of benzene rings is 2. The van der Waals surface area contributed by atoms with Crippen molar-refractivity contribution < 1.29 is 32.0 Å². The highest BCUT2D eigenvalue weighted by molar-refractivity contribution is 8.18. The summed E-state index contributed by atoms with van der Waals surface area (Å²) in [5.41, 5.74) is 1.87. The highest BCUT2D eigenvalue weighted by Gasteiger charge is 2.36. The molecule has 3 aromatic rings. The number of furan rings is 1. The van der Waals surface area contributed by atoms with Crippen molar-refractivity contribution in [1.29, 1.82) is 0 Å². The molecule has 0 radical (unpaired) electrons. The van der Waals surface area contributed by atoms with Crippen molar-refractivity contribution in [1.82, 2.24) is 4.90 Å². The molecule has 2 aromatic carbocycles. The van der Waals surface area contributed by atoms with Gasteiger partial charge < -0.3 is 9.73 Å². The average molecular weight is 500 g/mol. The van der Waals surface area contributed by atoms with Crippen molar-refractivity contribution in [3.63, 3.8) is 0 Å². The van der Waals surface area contributed by atoms with Crippen molar-refractivity contribution in [2.45, 2.75) is 20.0 Å². The van der Waals surface area contributed by atoms with Crippen LogP contribution in [0.4, 0.5) is 23.7 Å². The number of alkyl halides is 3. The zero-order valence-electron chi connectivity index (χ0n) is 18.6. The van der Waals surface area contributed by atoms with Gasteiger partial charge >= 0.3 is 6.18 Å². The zero-order chi connectivity index (χ0) is 25.3. The molecule has 35 heavy (non-hydrogen) atoms. The number of rotatable bonds is 5. The van der Waals surface area contributed by atoms with Crippen molar-refractivity contribution in [2.24, 2.45) is 0 Å². The molecule has 0 bridgehead atoms. The number of nitrogens with zero attached hydrogens (tertiary/aromatic N) is 1. The third-order valence-corrected chi connectivity index (χ3v) is 6.11. The summed E-state index contributed by atoms with van der Waals surface area (Å²) in [6.45, 7) is 3.30. The van der Waals surface area contributed by atoms with Gasteiger partial charge in [0.15, 0.2) is 0 Å². The monoisotopic (exact) mass is 500 g/mol. The molecule has 0 atom stereocenters. The van der Waals surface area contributed by atoms with Crippen LogP contribution in [0.1, 0.15) is 22.5 Å². The van der Waals surface area contributed by atoms with Crippen LogP contribution in [0.15, 0.2) is 63.9 Å². The summed E-state index contributed by atoms with van der Waals surface area (Å²) in [5, 5.41) is 2.08. The topological polar surface area (TPSA) is 79.6 Å². The number of nitrogens with one attached hydrogen (secondary N) is 1. The van der Waals surface area contributed by atoms with Crippen LogP contribution >= 0.6 is 11.8 Å². The molecule has 0 spiro atoms. The summed E-state index contributed by atoms with van der Waals surface area (Å²) in [6, 6.07) is 13.1. The van der Waals surface area contributed by atoms with E-state index in [1.54, 1.807) is 6.07 Å². The number of amides is 3. The quantitative estimate of drug-likeness (QED) is 0.419. The van der Waals surface area contributed by atoms with Crippen molar-refractivity contribution in [3.8, 4) is 11.3 Å². The van der Waals surface area contributed by atoms with Crippen LogP contribution in [-0.2, 0) is 15.8 Å². The van der Waals surface area contributed by atoms with Crippen LogP contribution in [-0.4, -0.2) is 28.5 Å². The number of halogens is 3. The predicted molar refractivity (Wildman–Crippen MR) is 126 cm³/mol. The van der Waals surface area contributed by atoms with Crippen LogP contribution in [0.3, 0.4) is 0 Å². The second-order valence-corrected chi connectivity index (χ2v) is 8.91. The van der Waals surface area contributed by atoms with Gasteiger partial charge in [-0.05, 0) is 61.5 Å². The molecule has 180 valence electrons. The van der Waals surface area contributed by atoms with Gasteiger partial charge in [-0.15, -0.1) is 0 Å². The van der Waals surface area contributed by atoms with E-state index in [0.29, 0.717) is 17.4 Å². The van der Waals surface area contributed by atoms with E-state index in [9.17, 15) is 27.6 Å². The van der Waals surface area contributed by atoms with Crippen LogP contribution < -0.4 is 5.32 Å². The molecule has 1 aromatic heterocycles. The molecular weight excluding hydrogens is 481 g/mol. The first-order valence-corrected chi connectivity index (χ1v) is 11.2. The molecule has 1 N–H and O–H groups in total. The van der Waals surface area contributed by atoms with Gasteiger partial charge in [-0.2, -0.15) is 13.2 Å². The SMILES string of the molecule is Cc1ccc(NC(=O)CN2C(=O)S/C(=C/c3ccc(-c4cccc(C(F)(F)F)c4)o3)C2=O)c(C)c1. The molecule has 0 unspecified atom stereocenters. The average Bonchev–Trinajstić information content (AvgIpc) is 3.36. The molecule has 6 nitrogen and oxygen atoms in total. The second-order valence-electron chi connectivity index (χ2n) is 7.91. The normalized spacial score (nSPS) is 15.2. The van der Waals surface area contributed by atoms with E-state index in [2.05, 4.69) is 5.32 Å². The minimum Gasteiger partial charge on any atom is -0.457 e. The molecule has 3 amide bonds. The minimum absolute atomic E-state index is 0.0410. The zero-order valence-corrected chi connectivity index (χ0v) is 19.4. The van der Waals surface area contributed by atoms with Gasteiger partial charge in [0.2, 0.25) is 5.91 Å². The molecule has 10 heteroatoms. The van der Waals surface area contributed by atoms with E-state index >= 15 is 0 Å². The van der Waals surface area contributed by atoms with Gasteiger partial charge in [0.25, 0.3) is 11.1 Å². The predicted octanol–water partition coefficient (Wildman–Crippen LogP) is 6.26. The lowest BCUT2D eigenvalue weighted by atomic mass is 10.1. The number of imide groups is 1. The highest BCUT2D eigenvalue weighted by Crippen LogP contribution is 2.35. The summed E-state index contributed by atoms with van der Waals surface area (Å²) >= 11 is 0.651. The Morgan fingerprint density at radius 1 is 1.09 bits per heavy atom. The Hall–Kier alpha value is -3.79. The first kappa shape index (κ1) is 24.3. The largest absolute Gasteiger partial charge is 0.457 e. The fraction of sp³-hybridized carbons (Fsp3) is 0.160. The Kier molecular flexibility index (Phi) is 6.58. The number of carbonyl (C=O) groups excluding carboxylic acids is 3. The van der Waals surface area contributed by atoms with E-state index in [1.165, 1.54) is 30.3 Å². The minimum atomic E-state index is -4.49. The van der Waals surface area contributed by atoms with Crippen LogP contribution in [0.5, 0.6) is 0 Å². The lowest BCUT2D eigenvalue weighted by molar-refractivity contribution is -0.137. The smallest absolute Gasteiger partial charge is 0.416 e. The van der Waals surface area contributed by atoms with Crippen LogP contribution in [0, 0.1) is 13.8 Å². The number of hydrogen-bond donors (Lipinski definition) is 1. The molecule has 1 aliphatic heterocycles. The number of hydrogen-bond acceptors (Lipinski definition) is 5. The molecule has 0 aliphatic carbocycles. The van der Waals surface area contributed by atoms with E-state index in [1.807, 2.05) is 26.0 Å².